The van der Waals surface area contributed by atoms with Crippen LogP contribution in [0, 0.1) is 6.92 Å². The van der Waals surface area contributed by atoms with E-state index in [0.717, 1.165) is 16.8 Å². The standard InChI is InChI=1S/C22H19INO4/c1-16-12-13-19(21(25)27-14-17-8-4-2-5-9-17)20(24(16)23)22(26)28-15-18-10-6-3-7-11-18/h2-13H,14-15H2,1H3/q+1. The smallest absolute Gasteiger partial charge is 0.405 e. The summed E-state index contributed by atoms with van der Waals surface area (Å²) in [6.45, 7) is 2.11. The lowest BCUT2D eigenvalue weighted by molar-refractivity contribution is -0.453. The van der Waals surface area contributed by atoms with Crippen LogP contribution < -0.4 is 2.78 Å². The molecule has 0 N–H and O–H groups in total. The first-order valence-corrected chi connectivity index (χ1v) is 9.66. The monoisotopic (exact) mass is 488 g/mol. The lowest BCUT2D eigenvalue weighted by Crippen LogP contribution is -2.36. The SMILES string of the molecule is Cc1ccc(C(=O)OCc2ccccc2)c(C(=O)OCc2ccccc2)[n+]1I. The molecule has 0 atom stereocenters. The number of benzene rings is 2. The Hall–Kier alpha value is -2.74. The van der Waals surface area contributed by atoms with E-state index in [-0.39, 0.29) is 24.5 Å². The maximum Gasteiger partial charge on any atom is 0.405 e. The molecule has 0 aliphatic carbocycles. The number of carbonyl (C=O) groups is 2. The molecular formula is C22H19INO4+. The van der Waals surface area contributed by atoms with E-state index in [9.17, 15) is 9.59 Å². The van der Waals surface area contributed by atoms with Gasteiger partial charge in [-0.25, -0.2) is 9.59 Å². The van der Waals surface area contributed by atoms with Crippen LogP contribution in [0.1, 0.15) is 37.7 Å². The minimum absolute atomic E-state index is 0.128. The lowest BCUT2D eigenvalue weighted by Gasteiger charge is -2.09. The molecule has 142 valence electrons. The molecule has 1 heterocycles. The molecule has 0 unspecified atom stereocenters. The Labute approximate surface area is 177 Å². The zero-order valence-corrected chi connectivity index (χ0v) is 17.5. The fraction of sp³-hybridized carbons (Fsp3) is 0.136. The zero-order valence-electron chi connectivity index (χ0n) is 15.3. The number of hydrogen-bond acceptors (Lipinski definition) is 4. The summed E-state index contributed by atoms with van der Waals surface area (Å²) in [7, 11) is 0. The zero-order chi connectivity index (χ0) is 19.9. The van der Waals surface area contributed by atoms with Gasteiger partial charge in [0.2, 0.25) is 0 Å². The van der Waals surface area contributed by atoms with Crippen molar-refractivity contribution in [2.45, 2.75) is 20.1 Å². The normalized spacial score (nSPS) is 10.4. The van der Waals surface area contributed by atoms with Crippen LogP contribution in [0.3, 0.4) is 0 Å². The number of aromatic nitrogens is 1. The van der Waals surface area contributed by atoms with Crippen LogP contribution in [-0.2, 0) is 22.7 Å². The molecular weight excluding hydrogens is 469 g/mol. The van der Waals surface area contributed by atoms with E-state index in [1.165, 1.54) is 0 Å². The number of carbonyl (C=O) groups excluding carboxylic acids is 2. The summed E-state index contributed by atoms with van der Waals surface area (Å²) in [6, 6.07) is 22.1. The fourth-order valence-corrected chi connectivity index (χ4v) is 3.20. The second kappa shape index (κ2) is 9.45. The molecule has 0 saturated carbocycles. The van der Waals surface area contributed by atoms with Gasteiger partial charge in [0.1, 0.15) is 18.8 Å². The molecule has 6 heteroatoms. The van der Waals surface area contributed by atoms with Gasteiger partial charge in [-0.15, -0.1) is 2.78 Å². The Kier molecular flexibility index (Phi) is 6.76. The van der Waals surface area contributed by atoms with Gasteiger partial charge in [0.15, 0.2) is 5.69 Å². The van der Waals surface area contributed by atoms with Crippen LogP contribution in [0.25, 0.3) is 0 Å². The Morgan fingerprint density at radius 3 is 1.82 bits per heavy atom. The molecule has 0 amide bonds. The van der Waals surface area contributed by atoms with Crippen molar-refractivity contribution in [2.24, 2.45) is 0 Å². The highest BCUT2D eigenvalue weighted by atomic mass is 127. The molecule has 28 heavy (non-hydrogen) atoms. The van der Waals surface area contributed by atoms with Gasteiger partial charge in [0.25, 0.3) is 0 Å². The van der Waals surface area contributed by atoms with Crippen molar-refractivity contribution in [3.05, 3.63) is 101 Å². The van der Waals surface area contributed by atoms with Crippen molar-refractivity contribution in [2.75, 3.05) is 0 Å². The van der Waals surface area contributed by atoms with Gasteiger partial charge in [0.05, 0.1) is 0 Å². The first-order chi connectivity index (χ1) is 13.6. The summed E-state index contributed by atoms with van der Waals surface area (Å²) in [5.74, 6) is -1.14. The molecule has 0 saturated heterocycles. The van der Waals surface area contributed by atoms with E-state index in [2.05, 4.69) is 0 Å². The number of pyridine rings is 1. The quantitative estimate of drug-likeness (QED) is 0.386. The van der Waals surface area contributed by atoms with Gasteiger partial charge < -0.3 is 9.47 Å². The summed E-state index contributed by atoms with van der Waals surface area (Å²) in [4.78, 5) is 25.4. The van der Waals surface area contributed by atoms with E-state index in [0.29, 0.717) is 0 Å². The number of halogens is 1. The first kappa shape index (κ1) is 20.0. The fourth-order valence-electron chi connectivity index (χ4n) is 2.58. The van der Waals surface area contributed by atoms with Gasteiger partial charge in [-0.2, -0.15) is 0 Å². The number of aryl methyl sites for hydroxylation is 1. The van der Waals surface area contributed by atoms with Crippen LogP contribution in [0.15, 0.2) is 72.8 Å². The highest BCUT2D eigenvalue weighted by Gasteiger charge is 2.31. The Balaban J connectivity index is 1.78. The summed E-state index contributed by atoms with van der Waals surface area (Å²) in [5, 5.41) is 0. The maximum absolute atomic E-state index is 12.7. The second-order valence-electron chi connectivity index (χ2n) is 6.14. The number of rotatable bonds is 6. The van der Waals surface area contributed by atoms with Crippen LogP contribution in [0.5, 0.6) is 0 Å². The van der Waals surface area contributed by atoms with Crippen molar-refractivity contribution in [1.82, 2.24) is 0 Å². The topological polar surface area (TPSA) is 56.5 Å². The minimum atomic E-state index is -0.575. The average molecular weight is 488 g/mol. The number of hydrogen-bond donors (Lipinski definition) is 0. The van der Waals surface area contributed by atoms with E-state index < -0.39 is 11.9 Å². The Morgan fingerprint density at radius 1 is 0.786 bits per heavy atom. The van der Waals surface area contributed by atoms with E-state index >= 15 is 0 Å². The summed E-state index contributed by atoms with van der Waals surface area (Å²) < 4.78 is 12.4. The van der Waals surface area contributed by atoms with Crippen molar-refractivity contribution < 1.29 is 21.8 Å². The molecule has 0 aliphatic heterocycles. The molecule has 3 aromatic rings. The third kappa shape index (κ3) is 4.95. The molecule has 0 aliphatic rings. The van der Waals surface area contributed by atoms with Crippen molar-refractivity contribution >= 4 is 34.8 Å². The molecule has 0 bridgehead atoms. The van der Waals surface area contributed by atoms with Crippen LogP contribution in [0.2, 0.25) is 0 Å². The predicted molar refractivity (Wildman–Crippen MR) is 112 cm³/mol. The van der Waals surface area contributed by atoms with Crippen molar-refractivity contribution in [3.8, 4) is 0 Å². The minimum Gasteiger partial charge on any atom is -0.457 e. The van der Waals surface area contributed by atoms with Crippen LogP contribution in [-0.4, -0.2) is 11.9 Å². The van der Waals surface area contributed by atoms with Gasteiger partial charge in [0, 0.05) is 13.0 Å². The molecule has 1 aromatic heterocycles. The summed E-state index contributed by atoms with van der Waals surface area (Å²) >= 11 is 1.98. The predicted octanol–water partition coefficient (Wildman–Crippen LogP) is 4.19. The molecule has 3 rings (SSSR count). The van der Waals surface area contributed by atoms with E-state index in [1.54, 1.807) is 14.9 Å². The van der Waals surface area contributed by atoms with Crippen LogP contribution >= 0.6 is 22.9 Å². The highest BCUT2D eigenvalue weighted by Crippen LogP contribution is 2.14. The highest BCUT2D eigenvalue weighted by molar-refractivity contribution is 14.1. The van der Waals surface area contributed by atoms with Gasteiger partial charge in [-0.3, -0.25) is 0 Å². The van der Waals surface area contributed by atoms with Crippen LogP contribution in [0.4, 0.5) is 0 Å². The summed E-state index contributed by atoms with van der Waals surface area (Å²) in [6.07, 6.45) is 0. The number of esters is 2. The molecule has 0 radical (unpaired) electrons. The Bertz CT molecular complexity index is 975. The first-order valence-electron chi connectivity index (χ1n) is 8.70. The number of ether oxygens (including phenoxy) is 2. The van der Waals surface area contributed by atoms with E-state index in [1.807, 2.05) is 90.5 Å². The molecule has 2 aromatic carbocycles. The molecule has 5 nitrogen and oxygen atoms in total. The molecule has 0 spiro atoms. The van der Waals surface area contributed by atoms with E-state index in [4.69, 9.17) is 9.47 Å². The third-order valence-electron chi connectivity index (χ3n) is 4.09. The van der Waals surface area contributed by atoms with Crippen molar-refractivity contribution in [1.29, 1.82) is 0 Å². The van der Waals surface area contributed by atoms with Crippen molar-refractivity contribution in [3.63, 3.8) is 0 Å². The van der Waals surface area contributed by atoms with Gasteiger partial charge in [-0.1, -0.05) is 60.7 Å². The largest absolute Gasteiger partial charge is 0.457 e. The lowest BCUT2D eigenvalue weighted by atomic mass is 10.1. The summed E-state index contributed by atoms with van der Waals surface area (Å²) in [5.41, 5.74) is 2.89. The van der Waals surface area contributed by atoms with Gasteiger partial charge >= 0.3 is 40.5 Å². The van der Waals surface area contributed by atoms with Gasteiger partial charge in [-0.05, 0) is 17.2 Å². The second-order valence-corrected chi connectivity index (χ2v) is 7.11. The molecule has 0 fully saturated rings. The Morgan fingerprint density at radius 2 is 1.29 bits per heavy atom. The maximum atomic E-state index is 12.7. The average Bonchev–Trinajstić information content (AvgIpc) is 2.73. The third-order valence-corrected chi connectivity index (χ3v) is 5.33. The number of nitrogens with zero attached hydrogens (tertiary/aromatic N) is 1.